The monoisotopic (exact) mass is 312 g/mol. The molecule has 0 amide bonds. The Morgan fingerprint density at radius 3 is 2.65 bits per heavy atom. The first-order valence-corrected chi connectivity index (χ1v) is 6.85. The highest BCUT2D eigenvalue weighted by molar-refractivity contribution is 9.11. The molecule has 2 rings (SSSR count). The molecule has 0 fully saturated rings. The van der Waals surface area contributed by atoms with E-state index >= 15 is 0 Å². The molecule has 2 aromatic rings. The van der Waals surface area contributed by atoms with Crippen molar-refractivity contribution in [2.24, 2.45) is 5.73 Å². The standard InChI is InChI=1S/C12H13BrN2OS/c1-16-9-4-2-8(3-5-9)11-12(13)17-10(15-11)6-7-14/h2-5H,6-7,14H2,1H3. The maximum Gasteiger partial charge on any atom is 0.118 e. The lowest BCUT2D eigenvalue weighted by atomic mass is 10.2. The minimum atomic E-state index is 0.627. The van der Waals surface area contributed by atoms with Crippen LogP contribution in [0.3, 0.4) is 0 Å². The van der Waals surface area contributed by atoms with Gasteiger partial charge >= 0.3 is 0 Å². The summed E-state index contributed by atoms with van der Waals surface area (Å²) in [6.45, 7) is 0.627. The van der Waals surface area contributed by atoms with Crippen molar-refractivity contribution in [3.05, 3.63) is 33.1 Å². The SMILES string of the molecule is COc1ccc(-c2nc(CCN)sc2Br)cc1. The van der Waals surface area contributed by atoms with Gasteiger partial charge in [-0.05, 0) is 46.7 Å². The molecule has 0 spiro atoms. The van der Waals surface area contributed by atoms with Crippen LogP contribution in [0.5, 0.6) is 5.75 Å². The molecule has 0 aliphatic rings. The Morgan fingerprint density at radius 1 is 1.35 bits per heavy atom. The largest absolute Gasteiger partial charge is 0.497 e. The van der Waals surface area contributed by atoms with Crippen molar-refractivity contribution >= 4 is 27.3 Å². The number of halogens is 1. The van der Waals surface area contributed by atoms with Crippen molar-refractivity contribution < 1.29 is 4.74 Å². The van der Waals surface area contributed by atoms with E-state index in [2.05, 4.69) is 20.9 Å². The van der Waals surface area contributed by atoms with Crippen molar-refractivity contribution in [3.8, 4) is 17.0 Å². The van der Waals surface area contributed by atoms with Crippen LogP contribution in [0.2, 0.25) is 0 Å². The van der Waals surface area contributed by atoms with Gasteiger partial charge in [-0.3, -0.25) is 0 Å². The zero-order valence-corrected chi connectivity index (χ0v) is 11.8. The van der Waals surface area contributed by atoms with Crippen LogP contribution >= 0.6 is 27.3 Å². The fourth-order valence-corrected chi connectivity index (χ4v) is 3.20. The first kappa shape index (κ1) is 12.5. The van der Waals surface area contributed by atoms with Gasteiger partial charge in [-0.1, -0.05) is 0 Å². The number of hydrogen-bond acceptors (Lipinski definition) is 4. The zero-order chi connectivity index (χ0) is 12.3. The van der Waals surface area contributed by atoms with Crippen molar-refractivity contribution in [2.45, 2.75) is 6.42 Å². The van der Waals surface area contributed by atoms with Crippen LogP contribution in [-0.2, 0) is 6.42 Å². The molecule has 90 valence electrons. The lowest BCUT2D eigenvalue weighted by Crippen LogP contribution is -2.01. The summed E-state index contributed by atoms with van der Waals surface area (Å²) in [7, 11) is 1.66. The van der Waals surface area contributed by atoms with E-state index in [0.29, 0.717) is 6.54 Å². The van der Waals surface area contributed by atoms with Gasteiger partial charge in [-0.25, -0.2) is 4.98 Å². The van der Waals surface area contributed by atoms with E-state index in [0.717, 1.165) is 32.2 Å². The molecule has 1 aromatic carbocycles. The lowest BCUT2D eigenvalue weighted by Gasteiger charge is -2.01. The average Bonchev–Trinajstić information content (AvgIpc) is 2.71. The summed E-state index contributed by atoms with van der Waals surface area (Å²) in [6.07, 6.45) is 0.819. The number of rotatable bonds is 4. The van der Waals surface area contributed by atoms with Crippen LogP contribution in [0.25, 0.3) is 11.3 Å². The van der Waals surface area contributed by atoms with Gasteiger partial charge in [0.15, 0.2) is 0 Å². The second-order valence-electron chi connectivity index (χ2n) is 3.50. The normalized spacial score (nSPS) is 10.5. The molecule has 17 heavy (non-hydrogen) atoms. The average molecular weight is 313 g/mol. The van der Waals surface area contributed by atoms with Gasteiger partial charge < -0.3 is 10.5 Å². The van der Waals surface area contributed by atoms with E-state index in [-0.39, 0.29) is 0 Å². The first-order valence-electron chi connectivity index (χ1n) is 5.24. The molecule has 1 aromatic heterocycles. The number of thiazole rings is 1. The Bertz CT molecular complexity index is 496. The van der Waals surface area contributed by atoms with Crippen molar-refractivity contribution in [1.29, 1.82) is 0 Å². The Hall–Kier alpha value is -0.910. The molecule has 0 unspecified atom stereocenters. The Balaban J connectivity index is 2.31. The first-order chi connectivity index (χ1) is 8.24. The number of hydrogen-bond donors (Lipinski definition) is 1. The molecule has 0 atom stereocenters. The zero-order valence-electron chi connectivity index (χ0n) is 9.44. The summed E-state index contributed by atoms with van der Waals surface area (Å²) in [5.41, 5.74) is 7.59. The fourth-order valence-electron chi connectivity index (χ4n) is 1.50. The maximum atomic E-state index is 5.53. The summed E-state index contributed by atoms with van der Waals surface area (Å²) in [6, 6.07) is 7.88. The smallest absolute Gasteiger partial charge is 0.118 e. The van der Waals surface area contributed by atoms with E-state index in [1.165, 1.54) is 0 Å². The number of methoxy groups -OCH3 is 1. The lowest BCUT2D eigenvalue weighted by molar-refractivity contribution is 0.415. The molecular formula is C12H13BrN2OS. The summed E-state index contributed by atoms with van der Waals surface area (Å²) in [4.78, 5) is 4.58. The molecule has 0 aliphatic carbocycles. The second-order valence-corrected chi connectivity index (χ2v) is 5.90. The molecule has 2 N–H and O–H groups in total. The Kier molecular flexibility index (Phi) is 4.15. The van der Waals surface area contributed by atoms with E-state index < -0.39 is 0 Å². The Labute approximate surface area is 113 Å². The molecule has 0 saturated carbocycles. The van der Waals surface area contributed by atoms with Gasteiger partial charge in [0.1, 0.15) is 5.75 Å². The van der Waals surface area contributed by atoms with Crippen LogP contribution in [-0.4, -0.2) is 18.6 Å². The van der Waals surface area contributed by atoms with Gasteiger partial charge in [0, 0.05) is 12.0 Å². The van der Waals surface area contributed by atoms with Crippen LogP contribution in [0.1, 0.15) is 5.01 Å². The van der Waals surface area contributed by atoms with Crippen molar-refractivity contribution in [1.82, 2.24) is 4.98 Å². The molecule has 0 bridgehead atoms. The highest BCUT2D eigenvalue weighted by Gasteiger charge is 2.10. The van der Waals surface area contributed by atoms with Crippen molar-refractivity contribution in [2.75, 3.05) is 13.7 Å². The number of nitrogens with zero attached hydrogens (tertiary/aromatic N) is 1. The van der Waals surface area contributed by atoms with Gasteiger partial charge in [-0.2, -0.15) is 0 Å². The highest BCUT2D eigenvalue weighted by atomic mass is 79.9. The quantitative estimate of drug-likeness (QED) is 0.943. The van der Waals surface area contributed by atoms with E-state index in [9.17, 15) is 0 Å². The molecule has 1 heterocycles. The predicted octanol–water partition coefficient (Wildman–Crippen LogP) is 3.08. The van der Waals surface area contributed by atoms with E-state index in [4.69, 9.17) is 10.5 Å². The van der Waals surface area contributed by atoms with Crippen LogP contribution in [0.15, 0.2) is 28.1 Å². The van der Waals surface area contributed by atoms with Gasteiger partial charge in [0.2, 0.25) is 0 Å². The van der Waals surface area contributed by atoms with Gasteiger partial charge in [0.25, 0.3) is 0 Å². The van der Waals surface area contributed by atoms with Gasteiger partial charge in [-0.15, -0.1) is 11.3 Å². The number of aromatic nitrogens is 1. The van der Waals surface area contributed by atoms with E-state index in [1.807, 2.05) is 24.3 Å². The maximum absolute atomic E-state index is 5.53. The predicted molar refractivity (Wildman–Crippen MR) is 74.6 cm³/mol. The summed E-state index contributed by atoms with van der Waals surface area (Å²) in [5, 5.41) is 1.06. The number of nitrogens with two attached hydrogens (primary N) is 1. The fraction of sp³-hybridized carbons (Fsp3) is 0.250. The minimum absolute atomic E-state index is 0.627. The highest BCUT2D eigenvalue weighted by Crippen LogP contribution is 2.33. The van der Waals surface area contributed by atoms with Gasteiger partial charge in [0.05, 0.1) is 21.6 Å². The number of benzene rings is 1. The summed E-state index contributed by atoms with van der Waals surface area (Å²) >= 11 is 5.18. The summed E-state index contributed by atoms with van der Waals surface area (Å²) in [5.74, 6) is 0.849. The van der Waals surface area contributed by atoms with Crippen LogP contribution in [0, 0.1) is 0 Å². The minimum Gasteiger partial charge on any atom is -0.497 e. The summed E-state index contributed by atoms with van der Waals surface area (Å²) < 4.78 is 6.18. The van der Waals surface area contributed by atoms with Crippen LogP contribution in [0.4, 0.5) is 0 Å². The molecule has 0 saturated heterocycles. The molecule has 0 aliphatic heterocycles. The molecule has 0 radical (unpaired) electrons. The molecular weight excluding hydrogens is 300 g/mol. The molecule has 3 nitrogen and oxygen atoms in total. The third-order valence-corrected chi connectivity index (χ3v) is 4.12. The second kappa shape index (κ2) is 5.62. The third kappa shape index (κ3) is 2.86. The van der Waals surface area contributed by atoms with Crippen LogP contribution < -0.4 is 10.5 Å². The number of ether oxygens (including phenoxy) is 1. The van der Waals surface area contributed by atoms with E-state index in [1.54, 1.807) is 18.4 Å². The molecule has 5 heteroatoms. The van der Waals surface area contributed by atoms with Crippen molar-refractivity contribution in [3.63, 3.8) is 0 Å². The topological polar surface area (TPSA) is 48.1 Å². The Morgan fingerprint density at radius 2 is 2.06 bits per heavy atom. The third-order valence-electron chi connectivity index (χ3n) is 2.35.